The number of nitrogens with one attached hydrogen (secondary N) is 2. The van der Waals surface area contributed by atoms with Gasteiger partial charge >= 0.3 is 0 Å². The van der Waals surface area contributed by atoms with E-state index in [0.29, 0.717) is 25.5 Å². The van der Waals surface area contributed by atoms with Crippen molar-refractivity contribution in [2.45, 2.75) is 12.8 Å². The number of aliphatic imine (C=N–C) groups is 1. The summed E-state index contributed by atoms with van der Waals surface area (Å²) in [6.45, 7) is 0.846. The van der Waals surface area contributed by atoms with E-state index in [4.69, 9.17) is 15.2 Å². The highest BCUT2D eigenvalue weighted by Crippen LogP contribution is 2.26. The summed E-state index contributed by atoms with van der Waals surface area (Å²) in [5, 5.41) is 5.86. The number of methoxy groups -OCH3 is 1. The number of carbonyl (C=O) groups is 1. The summed E-state index contributed by atoms with van der Waals surface area (Å²) in [6, 6.07) is 13.1. The highest BCUT2D eigenvalue weighted by Gasteiger charge is 2.14. The third-order valence-corrected chi connectivity index (χ3v) is 3.98. The maximum Gasteiger partial charge on any atom is 0.224 e. The molecule has 0 fully saturated rings. The molecule has 0 aliphatic carbocycles. The lowest BCUT2D eigenvalue weighted by Gasteiger charge is -2.17. The fraction of sp³-hybridized carbons (Fsp3) is 0.263. The van der Waals surface area contributed by atoms with Crippen molar-refractivity contribution in [1.82, 2.24) is 0 Å². The van der Waals surface area contributed by atoms with Gasteiger partial charge in [-0.2, -0.15) is 0 Å². The van der Waals surface area contributed by atoms with E-state index in [1.165, 1.54) is 0 Å². The normalized spacial score (nSPS) is 13.6. The van der Waals surface area contributed by atoms with Crippen LogP contribution >= 0.6 is 0 Å². The topological polar surface area (TPSA) is 98.0 Å². The van der Waals surface area contributed by atoms with Crippen molar-refractivity contribution in [3.8, 4) is 11.5 Å². The number of hydrogen-bond donors (Lipinski definition) is 3. The summed E-state index contributed by atoms with van der Waals surface area (Å²) in [5.74, 6) is 1.92. The number of fused-ring (bicyclic) bond motifs is 1. The van der Waals surface area contributed by atoms with Gasteiger partial charge in [-0.3, -0.25) is 4.79 Å². The number of rotatable bonds is 6. The van der Waals surface area contributed by atoms with Gasteiger partial charge in [-0.25, -0.2) is 4.99 Å². The number of aryl methyl sites for hydroxylation is 1. The largest absolute Gasteiger partial charge is 0.497 e. The van der Waals surface area contributed by atoms with Gasteiger partial charge < -0.3 is 25.8 Å². The van der Waals surface area contributed by atoms with Crippen molar-refractivity contribution in [3.63, 3.8) is 0 Å². The molecule has 136 valence electrons. The van der Waals surface area contributed by atoms with Crippen LogP contribution in [-0.2, 0) is 11.2 Å². The standard InChI is InChI=1S/C19H22N4O3/c1-25-15-5-3-14(4-6-15)22-19(20)21-10-11-26-16-7-8-17-13(12-16)2-9-18(24)23-17/h3-8,12H,2,9-11H2,1H3,(H,23,24)(H3,20,21,22). The highest BCUT2D eigenvalue weighted by molar-refractivity contribution is 5.94. The van der Waals surface area contributed by atoms with Gasteiger partial charge in [0.25, 0.3) is 0 Å². The Morgan fingerprint density at radius 1 is 1.19 bits per heavy atom. The number of nitrogens with zero attached hydrogens (tertiary/aromatic N) is 1. The smallest absolute Gasteiger partial charge is 0.224 e. The first-order valence-electron chi connectivity index (χ1n) is 8.40. The van der Waals surface area contributed by atoms with Crippen LogP contribution in [0.4, 0.5) is 11.4 Å². The summed E-state index contributed by atoms with van der Waals surface area (Å²) >= 11 is 0. The number of anilines is 2. The SMILES string of the molecule is COc1ccc(NC(N)=NCCOc2ccc3c(c2)CCC(=O)N3)cc1. The average molecular weight is 354 g/mol. The molecule has 0 atom stereocenters. The van der Waals surface area contributed by atoms with Crippen molar-refractivity contribution in [2.24, 2.45) is 10.7 Å². The predicted molar refractivity (Wildman–Crippen MR) is 102 cm³/mol. The zero-order valence-corrected chi connectivity index (χ0v) is 14.6. The lowest BCUT2D eigenvalue weighted by molar-refractivity contribution is -0.116. The fourth-order valence-electron chi connectivity index (χ4n) is 2.64. The third kappa shape index (κ3) is 4.66. The van der Waals surface area contributed by atoms with Crippen molar-refractivity contribution >= 4 is 23.2 Å². The maximum atomic E-state index is 11.4. The number of benzene rings is 2. The van der Waals surface area contributed by atoms with Crippen LogP contribution in [0.1, 0.15) is 12.0 Å². The van der Waals surface area contributed by atoms with Gasteiger partial charge in [0, 0.05) is 17.8 Å². The van der Waals surface area contributed by atoms with Crippen LogP contribution in [0.2, 0.25) is 0 Å². The van der Waals surface area contributed by atoms with Crippen LogP contribution < -0.4 is 25.8 Å². The molecule has 0 bridgehead atoms. The van der Waals surface area contributed by atoms with Gasteiger partial charge in [-0.05, 0) is 54.4 Å². The summed E-state index contributed by atoms with van der Waals surface area (Å²) in [7, 11) is 1.62. The van der Waals surface area contributed by atoms with Gasteiger partial charge in [0.15, 0.2) is 5.96 Å². The molecule has 1 heterocycles. The third-order valence-electron chi connectivity index (χ3n) is 3.98. The second kappa shape index (κ2) is 8.24. The summed E-state index contributed by atoms with van der Waals surface area (Å²) in [4.78, 5) is 15.6. The lowest BCUT2D eigenvalue weighted by atomic mass is 10.0. The Balaban J connectivity index is 1.46. The molecule has 1 aliphatic heterocycles. The minimum atomic E-state index is 0.0559. The molecule has 2 aromatic rings. The van der Waals surface area contributed by atoms with Gasteiger partial charge in [-0.15, -0.1) is 0 Å². The van der Waals surface area contributed by atoms with Gasteiger partial charge in [0.05, 0.1) is 13.7 Å². The van der Waals surface area contributed by atoms with Gasteiger partial charge in [0.1, 0.15) is 18.1 Å². The molecule has 0 unspecified atom stereocenters. The summed E-state index contributed by atoms with van der Waals surface area (Å²) in [6.07, 6.45) is 1.24. The van der Waals surface area contributed by atoms with E-state index >= 15 is 0 Å². The number of carbonyl (C=O) groups excluding carboxylic acids is 1. The van der Waals surface area contributed by atoms with Crippen LogP contribution in [0.5, 0.6) is 11.5 Å². The molecule has 0 saturated carbocycles. The first-order chi connectivity index (χ1) is 12.6. The molecule has 1 amide bonds. The van der Waals surface area contributed by atoms with Gasteiger partial charge in [0.2, 0.25) is 5.91 Å². The molecule has 3 rings (SSSR count). The minimum Gasteiger partial charge on any atom is -0.497 e. The molecular formula is C19H22N4O3. The fourth-order valence-corrected chi connectivity index (χ4v) is 2.64. The van der Waals surface area contributed by atoms with Crippen molar-refractivity contribution in [3.05, 3.63) is 48.0 Å². The molecular weight excluding hydrogens is 332 g/mol. The maximum absolute atomic E-state index is 11.4. The van der Waals surface area contributed by atoms with E-state index in [2.05, 4.69) is 15.6 Å². The first kappa shape index (κ1) is 17.6. The van der Waals surface area contributed by atoms with Crippen LogP contribution in [0.3, 0.4) is 0 Å². The lowest BCUT2D eigenvalue weighted by Crippen LogP contribution is -2.23. The predicted octanol–water partition coefficient (Wildman–Crippen LogP) is 2.39. The zero-order chi connectivity index (χ0) is 18.4. The molecule has 1 aliphatic rings. The van der Waals surface area contributed by atoms with Crippen LogP contribution in [0.25, 0.3) is 0 Å². The second-order valence-corrected chi connectivity index (χ2v) is 5.84. The molecule has 0 aromatic heterocycles. The molecule has 7 heteroatoms. The zero-order valence-electron chi connectivity index (χ0n) is 14.6. The Bertz CT molecular complexity index is 803. The number of ether oxygens (including phenoxy) is 2. The summed E-state index contributed by atoms with van der Waals surface area (Å²) < 4.78 is 10.8. The molecule has 0 radical (unpaired) electrons. The number of guanidine groups is 1. The second-order valence-electron chi connectivity index (χ2n) is 5.84. The van der Waals surface area contributed by atoms with E-state index in [9.17, 15) is 4.79 Å². The molecule has 0 spiro atoms. The van der Waals surface area contributed by atoms with E-state index in [1.807, 2.05) is 42.5 Å². The highest BCUT2D eigenvalue weighted by atomic mass is 16.5. The minimum absolute atomic E-state index is 0.0559. The Labute approximate surface area is 152 Å². The number of amides is 1. The molecule has 26 heavy (non-hydrogen) atoms. The Morgan fingerprint density at radius 2 is 1.96 bits per heavy atom. The van der Waals surface area contributed by atoms with Crippen LogP contribution in [-0.4, -0.2) is 32.1 Å². The van der Waals surface area contributed by atoms with Crippen LogP contribution in [0, 0.1) is 0 Å². The average Bonchev–Trinajstić information content (AvgIpc) is 2.66. The molecule has 0 saturated heterocycles. The van der Waals surface area contributed by atoms with E-state index < -0.39 is 0 Å². The number of nitrogens with two attached hydrogens (primary N) is 1. The van der Waals surface area contributed by atoms with Crippen LogP contribution in [0.15, 0.2) is 47.5 Å². The van der Waals surface area contributed by atoms with E-state index in [0.717, 1.165) is 34.9 Å². The van der Waals surface area contributed by atoms with Gasteiger partial charge in [-0.1, -0.05) is 0 Å². The Kier molecular flexibility index (Phi) is 5.58. The molecule has 4 N–H and O–H groups in total. The van der Waals surface area contributed by atoms with E-state index in [-0.39, 0.29) is 5.91 Å². The molecule has 2 aromatic carbocycles. The van der Waals surface area contributed by atoms with Crippen molar-refractivity contribution in [1.29, 1.82) is 0 Å². The quantitative estimate of drug-likeness (QED) is 0.420. The monoisotopic (exact) mass is 354 g/mol. The van der Waals surface area contributed by atoms with Crippen molar-refractivity contribution in [2.75, 3.05) is 30.9 Å². The first-order valence-corrected chi connectivity index (χ1v) is 8.40. The van der Waals surface area contributed by atoms with E-state index in [1.54, 1.807) is 7.11 Å². The Hall–Kier alpha value is -3.22. The Morgan fingerprint density at radius 3 is 2.73 bits per heavy atom. The number of hydrogen-bond acceptors (Lipinski definition) is 4. The molecule has 7 nitrogen and oxygen atoms in total. The summed E-state index contributed by atoms with van der Waals surface area (Å²) in [5.41, 5.74) is 8.66. The van der Waals surface area contributed by atoms with Crippen molar-refractivity contribution < 1.29 is 14.3 Å².